The van der Waals surface area contributed by atoms with Crippen molar-refractivity contribution in [1.82, 2.24) is 4.90 Å². The average molecular weight is 232 g/mol. The number of terminal acetylenes is 1. The summed E-state index contributed by atoms with van der Waals surface area (Å²) in [7, 11) is 1.58. The Morgan fingerprint density at radius 2 is 2.18 bits per heavy atom. The van der Waals surface area contributed by atoms with Gasteiger partial charge in [0.25, 0.3) is 0 Å². The maximum Gasteiger partial charge on any atom is 0.410 e. The van der Waals surface area contributed by atoms with Gasteiger partial charge in [-0.2, -0.15) is 0 Å². The molecule has 0 saturated heterocycles. The predicted molar refractivity (Wildman–Crippen MR) is 66.2 cm³/mol. The third-order valence-corrected chi connectivity index (χ3v) is 2.25. The van der Waals surface area contributed by atoms with E-state index < -0.39 is 6.09 Å². The molecule has 0 saturated carbocycles. The van der Waals surface area contributed by atoms with Gasteiger partial charge in [-0.25, -0.2) is 4.79 Å². The van der Waals surface area contributed by atoms with E-state index in [1.165, 1.54) is 4.90 Å². The number of carbonyl (C=O) groups excluding carboxylic acids is 1. The Labute approximate surface area is 101 Å². The van der Waals surface area contributed by atoms with Crippen molar-refractivity contribution < 1.29 is 9.53 Å². The molecule has 0 bridgehead atoms. The third kappa shape index (κ3) is 4.17. The second-order valence-corrected chi connectivity index (χ2v) is 3.65. The molecule has 90 valence electrons. The molecule has 0 aliphatic heterocycles. The van der Waals surface area contributed by atoms with Gasteiger partial charge in [-0.3, -0.25) is 0 Å². The molecule has 0 heterocycles. The van der Waals surface area contributed by atoms with Crippen molar-refractivity contribution in [2.75, 3.05) is 20.2 Å². The fourth-order valence-electron chi connectivity index (χ4n) is 1.27. The number of carbonyl (C=O) groups is 1. The summed E-state index contributed by atoms with van der Waals surface area (Å²) in [6, 6.07) is 9.15. The first-order valence-electron chi connectivity index (χ1n) is 5.27. The van der Waals surface area contributed by atoms with E-state index in [0.29, 0.717) is 0 Å². The first-order chi connectivity index (χ1) is 8.15. The van der Waals surface area contributed by atoms with Crippen LogP contribution in [0.3, 0.4) is 0 Å². The van der Waals surface area contributed by atoms with Crippen LogP contribution in [0.2, 0.25) is 0 Å². The summed E-state index contributed by atoms with van der Waals surface area (Å²) in [4.78, 5) is 12.7. The molecule has 1 atom stereocenters. The van der Waals surface area contributed by atoms with Crippen LogP contribution in [0, 0.1) is 12.3 Å². The Morgan fingerprint density at radius 3 is 2.76 bits per heavy atom. The van der Waals surface area contributed by atoms with Crippen LogP contribution in [-0.2, 0) is 4.74 Å². The van der Waals surface area contributed by atoms with Crippen LogP contribution in [0.4, 0.5) is 4.79 Å². The molecule has 0 fully saturated rings. The van der Waals surface area contributed by atoms with E-state index in [4.69, 9.17) is 16.9 Å². The lowest BCUT2D eigenvalue weighted by molar-refractivity contribution is 0.109. The van der Waals surface area contributed by atoms with Gasteiger partial charge >= 0.3 is 6.09 Å². The van der Waals surface area contributed by atoms with Gasteiger partial charge in [0, 0.05) is 7.05 Å². The minimum atomic E-state index is -0.464. The molecule has 1 aromatic carbocycles. The van der Waals surface area contributed by atoms with Crippen LogP contribution in [0.25, 0.3) is 0 Å². The molecular formula is C13H16N2O2. The Morgan fingerprint density at radius 1 is 1.53 bits per heavy atom. The number of ether oxygens (including phenoxy) is 1. The van der Waals surface area contributed by atoms with Gasteiger partial charge < -0.3 is 15.4 Å². The number of amides is 1. The topological polar surface area (TPSA) is 55.6 Å². The summed E-state index contributed by atoms with van der Waals surface area (Å²) in [5.41, 5.74) is 6.81. The highest BCUT2D eigenvalue weighted by Crippen LogP contribution is 2.09. The quantitative estimate of drug-likeness (QED) is 0.798. The number of hydrogen-bond acceptors (Lipinski definition) is 3. The minimum absolute atomic E-state index is 0.137. The van der Waals surface area contributed by atoms with Gasteiger partial charge in [-0.15, -0.1) is 6.42 Å². The van der Waals surface area contributed by atoms with Crippen LogP contribution < -0.4 is 5.73 Å². The number of benzene rings is 1. The zero-order chi connectivity index (χ0) is 12.7. The van der Waals surface area contributed by atoms with E-state index in [9.17, 15) is 4.79 Å². The van der Waals surface area contributed by atoms with Gasteiger partial charge in [0.05, 0.1) is 12.6 Å². The van der Waals surface area contributed by atoms with Crippen molar-refractivity contribution in [3.05, 3.63) is 35.9 Å². The highest BCUT2D eigenvalue weighted by Gasteiger charge is 2.12. The summed E-state index contributed by atoms with van der Waals surface area (Å²) >= 11 is 0. The van der Waals surface area contributed by atoms with Crippen molar-refractivity contribution in [3.8, 4) is 12.3 Å². The van der Waals surface area contributed by atoms with Gasteiger partial charge in [0.1, 0.15) is 6.61 Å². The highest BCUT2D eigenvalue weighted by molar-refractivity contribution is 5.67. The molecule has 4 heteroatoms. The largest absolute Gasteiger partial charge is 0.447 e. The summed E-state index contributed by atoms with van der Waals surface area (Å²) in [5, 5.41) is 0. The third-order valence-electron chi connectivity index (χ3n) is 2.25. The Balaban J connectivity index is 2.41. The standard InChI is InChI=1S/C13H16N2O2/c1-3-9-15(2)13(16)17-10-12(14)11-7-5-4-6-8-11/h1,4-8,12H,9-10,14H2,2H3/t12-/m1/s1. The van der Waals surface area contributed by atoms with Crippen LogP contribution in [0.5, 0.6) is 0 Å². The van der Waals surface area contributed by atoms with E-state index in [1.807, 2.05) is 30.3 Å². The Kier molecular flexibility index (Phi) is 5.05. The molecule has 4 nitrogen and oxygen atoms in total. The zero-order valence-corrected chi connectivity index (χ0v) is 9.80. The molecule has 0 aromatic heterocycles. The fraction of sp³-hybridized carbons (Fsp3) is 0.308. The molecule has 1 amide bonds. The lowest BCUT2D eigenvalue weighted by Crippen LogP contribution is -2.30. The number of nitrogens with two attached hydrogens (primary N) is 1. The normalized spacial score (nSPS) is 11.4. The smallest absolute Gasteiger partial charge is 0.410 e. The number of hydrogen-bond donors (Lipinski definition) is 1. The lowest BCUT2D eigenvalue weighted by atomic mass is 10.1. The first kappa shape index (κ1) is 13.1. The van der Waals surface area contributed by atoms with Crippen molar-refractivity contribution in [3.63, 3.8) is 0 Å². The minimum Gasteiger partial charge on any atom is -0.447 e. The predicted octanol–water partition coefficient (Wildman–Crippen LogP) is 1.39. The molecule has 0 aliphatic carbocycles. The number of rotatable bonds is 4. The highest BCUT2D eigenvalue weighted by atomic mass is 16.6. The molecule has 0 spiro atoms. The number of nitrogens with zero attached hydrogens (tertiary/aromatic N) is 1. The SMILES string of the molecule is C#CCN(C)C(=O)OC[C@@H](N)c1ccccc1. The summed E-state index contributed by atoms with van der Waals surface area (Å²) in [6.07, 6.45) is 4.63. The maximum atomic E-state index is 11.4. The molecule has 0 aliphatic rings. The second kappa shape index (κ2) is 6.56. The fourth-order valence-corrected chi connectivity index (χ4v) is 1.27. The second-order valence-electron chi connectivity index (χ2n) is 3.65. The molecule has 0 radical (unpaired) electrons. The van der Waals surface area contributed by atoms with Gasteiger partial charge in [-0.1, -0.05) is 36.3 Å². The van der Waals surface area contributed by atoms with E-state index in [1.54, 1.807) is 7.05 Å². The zero-order valence-electron chi connectivity index (χ0n) is 9.80. The van der Waals surface area contributed by atoms with Crippen molar-refractivity contribution in [1.29, 1.82) is 0 Å². The Bertz CT molecular complexity index is 398. The van der Waals surface area contributed by atoms with Gasteiger partial charge in [0.15, 0.2) is 0 Å². The maximum absolute atomic E-state index is 11.4. The molecule has 17 heavy (non-hydrogen) atoms. The van der Waals surface area contributed by atoms with Gasteiger partial charge in [0.2, 0.25) is 0 Å². The summed E-state index contributed by atoms with van der Waals surface area (Å²) < 4.78 is 5.04. The first-order valence-corrected chi connectivity index (χ1v) is 5.27. The van der Waals surface area contributed by atoms with Crippen LogP contribution in [0.1, 0.15) is 11.6 Å². The molecule has 0 unspecified atom stereocenters. The van der Waals surface area contributed by atoms with E-state index in [0.717, 1.165) is 5.56 Å². The van der Waals surface area contributed by atoms with E-state index in [2.05, 4.69) is 5.92 Å². The lowest BCUT2D eigenvalue weighted by Gasteiger charge is -2.17. The average Bonchev–Trinajstić information content (AvgIpc) is 2.36. The van der Waals surface area contributed by atoms with Crippen molar-refractivity contribution in [2.45, 2.75) is 6.04 Å². The van der Waals surface area contributed by atoms with Crippen LogP contribution >= 0.6 is 0 Å². The van der Waals surface area contributed by atoms with Crippen molar-refractivity contribution in [2.24, 2.45) is 5.73 Å². The Hall–Kier alpha value is -1.99. The summed E-state index contributed by atoms with van der Waals surface area (Å²) in [5.74, 6) is 2.36. The molecule has 1 rings (SSSR count). The summed E-state index contributed by atoms with van der Waals surface area (Å²) in [6.45, 7) is 0.358. The van der Waals surface area contributed by atoms with E-state index >= 15 is 0 Å². The monoisotopic (exact) mass is 232 g/mol. The van der Waals surface area contributed by atoms with Crippen LogP contribution in [-0.4, -0.2) is 31.2 Å². The van der Waals surface area contributed by atoms with E-state index in [-0.39, 0.29) is 19.2 Å². The molecule has 1 aromatic rings. The molecule has 2 N–H and O–H groups in total. The molecular weight excluding hydrogens is 216 g/mol. The van der Waals surface area contributed by atoms with Crippen molar-refractivity contribution >= 4 is 6.09 Å². The van der Waals surface area contributed by atoms with Crippen LogP contribution in [0.15, 0.2) is 30.3 Å². The van der Waals surface area contributed by atoms with Gasteiger partial charge in [-0.05, 0) is 5.56 Å².